The molecule has 0 unspecified atom stereocenters. The fourth-order valence-electron chi connectivity index (χ4n) is 2.88. The van der Waals surface area contributed by atoms with Gasteiger partial charge >= 0.3 is 0 Å². The lowest BCUT2D eigenvalue weighted by Crippen LogP contribution is -2.31. The minimum absolute atomic E-state index is 0.0931. The number of hydrogen-bond donors (Lipinski definition) is 1. The fourth-order valence-corrected chi connectivity index (χ4v) is 2.88. The Bertz CT molecular complexity index is 582. The van der Waals surface area contributed by atoms with Crippen LogP contribution in [-0.2, 0) is 11.8 Å². The Kier molecular flexibility index (Phi) is 6.19. The molecule has 6 nitrogen and oxygen atoms in total. The van der Waals surface area contributed by atoms with E-state index in [0.717, 1.165) is 44.6 Å². The summed E-state index contributed by atoms with van der Waals surface area (Å²) >= 11 is 0. The Labute approximate surface area is 137 Å². The standard InChI is InChI=1S/C17H28N4O2/c1-13(2)5-4-6-16(22)18-10-14-7-8-21(12-14)15-9-17(23)20(3)19-11-15/h9,11,13-14H,4-8,10,12H2,1-3H3,(H,18,22)/t14-/m0/s1. The fraction of sp³-hybridized carbons (Fsp3) is 0.706. The number of rotatable bonds is 7. The highest BCUT2D eigenvalue weighted by Crippen LogP contribution is 2.21. The van der Waals surface area contributed by atoms with Gasteiger partial charge in [-0.25, -0.2) is 4.68 Å². The maximum atomic E-state index is 11.8. The summed E-state index contributed by atoms with van der Waals surface area (Å²) < 4.78 is 1.33. The second kappa shape index (κ2) is 8.13. The quantitative estimate of drug-likeness (QED) is 0.828. The van der Waals surface area contributed by atoms with Gasteiger partial charge in [-0.1, -0.05) is 20.3 Å². The lowest BCUT2D eigenvalue weighted by Gasteiger charge is -2.18. The largest absolute Gasteiger partial charge is 0.370 e. The van der Waals surface area contributed by atoms with Crippen molar-refractivity contribution in [3.63, 3.8) is 0 Å². The van der Waals surface area contributed by atoms with Crippen LogP contribution in [0.3, 0.4) is 0 Å². The molecule has 128 valence electrons. The van der Waals surface area contributed by atoms with Gasteiger partial charge in [0.25, 0.3) is 5.56 Å². The van der Waals surface area contributed by atoms with Crippen molar-refractivity contribution in [1.29, 1.82) is 0 Å². The third-order valence-electron chi connectivity index (χ3n) is 4.38. The molecule has 0 bridgehead atoms. The highest BCUT2D eigenvalue weighted by molar-refractivity contribution is 5.75. The molecule has 23 heavy (non-hydrogen) atoms. The Morgan fingerprint density at radius 1 is 1.48 bits per heavy atom. The van der Waals surface area contributed by atoms with Crippen LogP contribution in [0.25, 0.3) is 0 Å². The zero-order valence-corrected chi connectivity index (χ0v) is 14.4. The molecule has 6 heteroatoms. The van der Waals surface area contributed by atoms with E-state index in [0.29, 0.717) is 18.3 Å². The molecule has 1 aliphatic rings. The number of nitrogens with one attached hydrogen (secondary N) is 1. The Morgan fingerprint density at radius 2 is 2.26 bits per heavy atom. The van der Waals surface area contributed by atoms with Crippen molar-refractivity contribution in [2.24, 2.45) is 18.9 Å². The van der Waals surface area contributed by atoms with Gasteiger partial charge in [-0.2, -0.15) is 5.10 Å². The smallest absolute Gasteiger partial charge is 0.268 e. The van der Waals surface area contributed by atoms with Crippen LogP contribution in [-0.4, -0.2) is 35.3 Å². The van der Waals surface area contributed by atoms with Crippen molar-refractivity contribution in [2.75, 3.05) is 24.5 Å². The van der Waals surface area contributed by atoms with Crippen molar-refractivity contribution < 1.29 is 4.79 Å². The van der Waals surface area contributed by atoms with Crippen LogP contribution in [0.4, 0.5) is 5.69 Å². The van der Waals surface area contributed by atoms with E-state index in [-0.39, 0.29) is 11.5 Å². The SMILES string of the molecule is CC(C)CCCC(=O)NC[C@@H]1CCN(c2cnn(C)c(=O)c2)C1. The van der Waals surface area contributed by atoms with Gasteiger partial charge in [0.15, 0.2) is 0 Å². The van der Waals surface area contributed by atoms with E-state index in [9.17, 15) is 9.59 Å². The van der Waals surface area contributed by atoms with Crippen molar-refractivity contribution in [2.45, 2.75) is 39.5 Å². The van der Waals surface area contributed by atoms with E-state index >= 15 is 0 Å². The third kappa shape index (κ3) is 5.37. The molecule has 2 heterocycles. The molecule has 1 aromatic rings. The molecule has 1 N–H and O–H groups in total. The molecule has 1 saturated heterocycles. The number of aryl methyl sites for hydroxylation is 1. The van der Waals surface area contributed by atoms with Crippen LogP contribution in [0, 0.1) is 11.8 Å². The first-order valence-corrected chi connectivity index (χ1v) is 8.50. The van der Waals surface area contributed by atoms with Crippen molar-refractivity contribution in [3.05, 3.63) is 22.6 Å². The number of anilines is 1. The van der Waals surface area contributed by atoms with Gasteiger partial charge in [0.05, 0.1) is 11.9 Å². The highest BCUT2D eigenvalue weighted by Gasteiger charge is 2.23. The predicted molar refractivity (Wildman–Crippen MR) is 91.5 cm³/mol. The molecule has 2 rings (SSSR count). The Balaban J connectivity index is 1.74. The molecule has 0 saturated carbocycles. The summed E-state index contributed by atoms with van der Waals surface area (Å²) in [6.45, 7) is 6.84. The van der Waals surface area contributed by atoms with Gasteiger partial charge in [0, 0.05) is 39.2 Å². The second-order valence-corrected chi connectivity index (χ2v) is 6.87. The third-order valence-corrected chi connectivity index (χ3v) is 4.38. The molecule has 0 spiro atoms. The molecule has 0 radical (unpaired) electrons. The van der Waals surface area contributed by atoms with E-state index < -0.39 is 0 Å². The molecule has 0 aromatic carbocycles. The molecule has 1 aromatic heterocycles. The average molecular weight is 320 g/mol. The summed E-state index contributed by atoms with van der Waals surface area (Å²) in [5.74, 6) is 1.24. The van der Waals surface area contributed by atoms with E-state index in [1.54, 1.807) is 19.3 Å². The van der Waals surface area contributed by atoms with Crippen molar-refractivity contribution in [1.82, 2.24) is 15.1 Å². The molecule has 1 atom stereocenters. The van der Waals surface area contributed by atoms with Crippen molar-refractivity contribution in [3.8, 4) is 0 Å². The number of carbonyl (C=O) groups is 1. The molecule has 1 fully saturated rings. The van der Waals surface area contributed by atoms with E-state index in [1.807, 2.05) is 0 Å². The molecule has 1 aliphatic heterocycles. The maximum Gasteiger partial charge on any atom is 0.268 e. The molecule has 0 aliphatic carbocycles. The summed E-state index contributed by atoms with van der Waals surface area (Å²) in [5.41, 5.74) is 0.781. The van der Waals surface area contributed by atoms with Gasteiger partial charge in [0.2, 0.25) is 5.91 Å². The predicted octanol–water partition coefficient (Wildman–Crippen LogP) is 1.55. The monoisotopic (exact) mass is 320 g/mol. The van der Waals surface area contributed by atoms with Gasteiger partial charge in [0.1, 0.15) is 0 Å². The molecular weight excluding hydrogens is 292 g/mol. The Hall–Kier alpha value is -1.85. The zero-order chi connectivity index (χ0) is 16.8. The first-order chi connectivity index (χ1) is 11.0. The normalized spacial score (nSPS) is 17.7. The number of hydrogen-bond acceptors (Lipinski definition) is 4. The topological polar surface area (TPSA) is 67.2 Å². The van der Waals surface area contributed by atoms with E-state index in [1.165, 1.54) is 4.68 Å². The van der Waals surface area contributed by atoms with Crippen LogP contribution < -0.4 is 15.8 Å². The number of nitrogens with zero attached hydrogens (tertiary/aromatic N) is 3. The first-order valence-electron chi connectivity index (χ1n) is 8.50. The molecular formula is C17H28N4O2. The second-order valence-electron chi connectivity index (χ2n) is 6.87. The van der Waals surface area contributed by atoms with E-state index in [2.05, 4.69) is 29.2 Å². The lowest BCUT2D eigenvalue weighted by atomic mass is 10.1. The molecule has 1 amide bonds. The summed E-state index contributed by atoms with van der Waals surface area (Å²) in [6, 6.07) is 1.62. The zero-order valence-electron chi connectivity index (χ0n) is 14.4. The average Bonchev–Trinajstić information content (AvgIpc) is 2.96. The number of amides is 1. The lowest BCUT2D eigenvalue weighted by molar-refractivity contribution is -0.121. The van der Waals surface area contributed by atoms with Gasteiger partial charge in [-0.05, 0) is 24.7 Å². The van der Waals surface area contributed by atoms with Crippen LogP contribution in [0.5, 0.6) is 0 Å². The van der Waals surface area contributed by atoms with Gasteiger partial charge in [-0.15, -0.1) is 0 Å². The van der Waals surface area contributed by atoms with Crippen molar-refractivity contribution >= 4 is 11.6 Å². The minimum Gasteiger partial charge on any atom is -0.370 e. The first kappa shape index (κ1) is 17.5. The van der Waals surface area contributed by atoms with Gasteiger partial charge < -0.3 is 10.2 Å². The number of carbonyl (C=O) groups excluding carboxylic acids is 1. The minimum atomic E-state index is -0.0931. The van der Waals surface area contributed by atoms with Crippen LogP contribution in [0.2, 0.25) is 0 Å². The highest BCUT2D eigenvalue weighted by atomic mass is 16.1. The summed E-state index contributed by atoms with van der Waals surface area (Å²) in [7, 11) is 1.65. The Morgan fingerprint density at radius 3 is 2.96 bits per heavy atom. The van der Waals surface area contributed by atoms with Crippen LogP contribution >= 0.6 is 0 Å². The summed E-state index contributed by atoms with van der Waals surface area (Å²) in [5, 5.41) is 7.11. The van der Waals surface area contributed by atoms with Gasteiger partial charge in [-0.3, -0.25) is 9.59 Å². The number of aromatic nitrogens is 2. The van der Waals surface area contributed by atoms with Crippen LogP contribution in [0.15, 0.2) is 17.1 Å². The van der Waals surface area contributed by atoms with E-state index in [4.69, 9.17) is 0 Å². The maximum absolute atomic E-state index is 11.8. The summed E-state index contributed by atoms with van der Waals surface area (Å²) in [6.07, 6.45) is 5.43. The summed E-state index contributed by atoms with van der Waals surface area (Å²) in [4.78, 5) is 25.7. The van der Waals surface area contributed by atoms with Crippen LogP contribution in [0.1, 0.15) is 39.5 Å².